The molecule has 0 radical (unpaired) electrons. The summed E-state index contributed by atoms with van der Waals surface area (Å²) in [6.07, 6.45) is 3.09. The van der Waals surface area contributed by atoms with Gasteiger partial charge < -0.3 is 10.3 Å². The van der Waals surface area contributed by atoms with Gasteiger partial charge in [-0.25, -0.2) is 15.0 Å². The average Bonchev–Trinajstić information content (AvgIpc) is 3.23. The quantitative estimate of drug-likeness (QED) is 0.359. The van der Waals surface area contributed by atoms with Crippen molar-refractivity contribution in [1.29, 1.82) is 0 Å². The van der Waals surface area contributed by atoms with Crippen LogP contribution in [0.4, 0.5) is 11.4 Å². The Kier molecular flexibility index (Phi) is 4.60. The van der Waals surface area contributed by atoms with Gasteiger partial charge in [0.1, 0.15) is 22.5 Å². The molecule has 0 aliphatic carbocycles. The average molecular weight is 437 g/mol. The van der Waals surface area contributed by atoms with Gasteiger partial charge >= 0.3 is 0 Å². The Hall–Kier alpha value is -3.10. The maximum atomic E-state index is 13.5. The largest absolute Gasteiger partial charge is 0.361 e. The highest BCUT2D eigenvalue weighted by atomic mass is 35.5. The van der Waals surface area contributed by atoms with E-state index in [4.69, 9.17) is 11.6 Å². The number of hydrogen-bond donors (Lipinski definition) is 2. The molecule has 0 bridgehead atoms. The number of benzene rings is 2. The van der Waals surface area contributed by atoms with Crippen LogP contribution in [0.2, 0.25) is 5.02 Å². The summed E-state index contributed by atoms with van der Waals surface area (Å²) in [6, 6.07) is 14.9. The molecule has 2 aromatic carbocycles. The Bertz CT molecular complexity index is 1260. The van der Waals surface area contributed by atoms with Crippen LogP contribution in [0.15, 0.2) is 66.2 Å². The summed E-state index contributed by atoms with van der Waals surface area (Å²) < 4.78 is 0. The van der Waals surface area contributed by atoms with Gasteiger partial charge in [-0.15, -0.1) is 0 Å². The molecule has 2 N–H and O–H groups in total. The number of thioether (sulfide) groups is 1. The number of anilines is 2. The third-order valence-corrected chi connectivity index (χ3v) is 6.64. The monoisotopic (exact) mass is 436 g/mol. The molecule has 9 heteroatoms. The molecule has 150 valence electrons. The van der Waals surface area contributed by atoms with Crippen molar-refractivity contribution in [2.45, 2.75) is 17.6 Å². The highest BCUT2D eigenvalue weighted by Gasteiger charge is 2.43. The fourth-order valence-corrected chi connectivity index (χ4v) is 4.89. The van der Waals surface area contributed by atoms with Gasteiger partial charge in [0, 0.05) is 11.4 Å². The van der Waals surface area contributed by atoms with Crippen LogP contribution in [0.5, 0.6) is 0 Å². The molecule has 30 heavy (non-hydrogen) atoms. The molecular formula is C21H17ClN6OS. The van der Waals surface area contributed by atoms with E-state index in [2.05, 4.69) is 25.3 Å². The first-order valence-corrected chi connectivity index (χ1v) is 10.7. The zero-order valence-corrected chi connectivity index (χ0v) is 17.5. The highest BCUT2D eigenvalue weighted by molar-refractivity contribution is 7.99. The number of nitrogens with one attached hydrogen (secondary N) is 2. The predicted molar refractivity (Wildman–Crippen MR) is 119 cm³/mol. The van der Waals surface area contributed by atoms with Crippen LogP contribution in [-0.2, 0) is 0 Å². The van der Waals surface area contributed by atoms with E-state index in [1.807, 2.05) is 49.4 Å². The van der Waals surface area contributed by atoms with Gasteiger partial charge in [0.2, 0.25) is 0 Å². The van der Waals surface area contributed by atoms with Crippen LogP contribution in [0.25, 0.3) is 11.2 Å². The van der Waals surface area contributed by atoms with Crippen molar-refractivity contribution in [1.82, 2.24) is 19.9 Å². The van der Waals surface area contributed by atoms with Crippen LogP contribution >= 0.6 is 23.4 Å². The number of carbonyl (C=O) groups is 1. The molecule has 4 aromatic rings. The second kappa shape index (κ2) is 7.30. The minimum Gasteiger partial charge on any atom is -0.361 e. The van der Waals surface area contributed by atoms with Crippen LogP contribution in [0, 0.1) is 0 Å². The number of aromatic nitrogens is 4. The molecule has 0 saturated heterocycles. The first-order valence-electron chi connectivity index (χ1n) is 9.30. The van der Waals surface area contributed by atoms with Crippen molar-refractivity contribution in [2.24, 2.45) is 0 Å². The topological polar surface area (TPSA) is 86.8 Å². The molecule has 0 saturated carbocycles. The zero-order valence-electron chi connectivity index (χ0n) is 16.0. The molecule has 3 heterocycles. The van der Waals surface area contributed by atoms with E-state index in [0.29, 0.717) is 27.7 Å². The minimum absolute atomic E-state index is 0.102. The Morgan fingerprint density at radius 1 is 1.10 bits per heavy atom. The van der Waals surface area contributed by atoms with Gasteiger partial charge in [-0.3, -0.25) is 9.69 Å². The number of H-pyrrole nitrogens is 1. The smallest absolute Gasteiger partial charge is 0.262 e. The summed E-state index contributed by atoms with van der Waals surface area (Å²) in [5.41, 5.74) is 2.69. The third kappa shape index (κ3) is 3.09. The van der Waals surface area contributed by atoms with Crippen molar-refractivity contribution >= 4 is 51.8 Å². The van der Waals surface area contributed by atoms with Gasteiger partial charge in [0.05, 0.1) is 22.6 Å². The molecule has 1 unspecified atom stereocenters. The maximum absolute atomic E-state index is 13.5. The third-order valence-electron chi connectivity index (χ3n) is 5.03. The number of imidazole rings is 1. The molecule has 1 aliphatic rings. The van der Waals surface area contributed by atoms with E-state index in [9.17, 15) is 4.79 Å². The number of halogens is 1. The molecule has 1 amide bonds. The highest BCUT2D eigenvalue weighted by Crippen LogP contribution is 2.40. The maximum Gasteiger partial charge on any atom is 0.262 e. The normalized spacial score (nSPS) is 18.3. The van der Waals surface area contributed by atoms with Crippen molar-refractivity contribution in [2.75, 3.05) is 16.0 Å². The number of rotatable bonds is 4. The lowest BCUT2D eigenvalue weighted by molar-refractivity contribution is 0.0962. The molecule has 0 spiro atoms. The second-order valence-electron chi connectivity index (χ2n) is 7.11. The van der Waals surface area contributed by atoms with Crippen molar-refractivity contribution in [3.05, 3.63) is 71.8 Å². The lowest BCUT2D eigenvalue weighted by atomic mass is 10.0. The van der Waals surface area contributed by atoms with E-state index in [1.165, 1.54) is 18.1 Å². The standard InChI is InChI=1S/C21H17ClN6OS/c1-21(10-30-19-17-18(24-11-23-17)25-12-26-19)27-15-8-4-2-6-13(15)20(29)28(21)16-9-5-3-7-14(16)22/h2-9,11-12,27H,10H2,1H3,(H,23,24,25,26). The van der Waals surface area contributed by atoms with Crippen LogP contribution in [-0.4, -0.2) is 37.3 Å². The van der Waals surface area contributed by atoms with Crippen molar-refractivity contribution < 1.29 is 4.79 Å². The molecule has 5 rings (SSSR count). The fraction of sp³-hybridized carbons (Fsp3) is 0.143. The molecule has 2 aromatic heterocycles. The Balaban J connectivity index is 1.57. The van der Waals surface area contributed by atoms with Crippen LogP contribution in [0.3, 0.4) is 0 Å². The Morgan fingerprint density at radius 2 is 1.90 bits per heavy atom. The lowest BCUT2D eigenvalue weighted by Crippen LogP contribution is -2.60. The summed E-state index contributed by atoms with van der Waals surface area (Å²) in [5, 5.41) is 4.83. The van der Waals surface area contributed by atoms with Gasteiger partial charge in [0.25, 0.3) is 5.91 Å². The van der Waals surface area contributed by atoms with Crippen molar-refractivity contribution in [3.63, 3.8) is 0 Å². The molecule has 7 nitrogen and oxygen atoms in total. The lowest BCUT2D eigenvalue weighted by Gasteiger charge is -2.46. The number of carbonyl (C=O) groups excluding carboxylic acids is 1. The summed E-state index contributed by atoms with van der Waals surface area (Å²) in [5.74, 6) is 0.415. The zero-order chi connectivity index (χ0) is 20.7. The van der Waals surface area contributed by atoms with E-state index in [1.54, 1.807) is 17.3 Å². The molecule has 1 atom stereocenters. The molecule has 1 aliphatic heterocycles. The predicted octanol–water partition coefficient (Wildman–Crippen LogP) is 4.59. The number of hydrogen-bond acceptors (Lipinski definition) is 6. The summed E-state index contributed by atoms with van der Waals surface area (Å²) >= 11 is 8.01. The summed E-state index contributed by atoms with van der Waals surface area (Å²) in [6.45, 7) is 1.99. The van der Waals surface area contributed by atoms with E-state index in [-0.39, 0.29) is 5.91 Å². The first-order chi connectivity index (χ1) is 14.6. The van der Waals surface area contributed by atoms with Crippen molar-refractivity contribution in [3.8, 4) is 0 Å². The van der Waals surface area contributed by atoms with Gasteiger partial charge in [0.15, 0.2) is 5.65 Å². The molecule has 0 fully saturated rings. The minimum atomic E-state index is -0.752. The first kappa shape index (κ1) is 18.9. The molecular weight excluding hydrogens is 420 g/mol. The van der Waals surface area contributed by atoms with Crippen LogP contribution < -0.4 is 10.2 Å². The number of amides is 1. The van der Waals surface area contributed by atoms with E-state index >= 15 is 0 Å². The second-order valence-corrected chi connectivity index (χ2v) is 8.48. The van der Waals surface area contributed by atoms with Crippen LogP contribution in [0.1, 0.15) is 17.3 Å². The number of nitrogens with zero attached hydrogens (tertiary/aromatic N) is 4. The fourth-order valence-electron chi connectivity index (χ4n) is 3.64. The Labute approximate surface area is 181 Å². The number of fused-ring (bicyclic) bond motifs is 2. The summed E-state index contributed by atoms with van der Waals surface area (Å²) in [4.78, 5) is 31.1. The summed E-state index contributed by atoms with van der Waals surface area (Å²) in [7, 11) is 0. The Morgan fingerprint density at radius 3 is 2.77 bits per heavy atom. The van der Waals surface area contributed by atoms with E-state index in [0.717, 1.165) is 16.2 Å². The SMILES string of the molecule is CC1(CSc2ncnc3nc[nH]c23)Nc2ccccc2C(=O)N1c1ccccc1Cl. The van der Waals surface area contributed by atoms with Gasteiger partial charge in [-0.2, -0.15) is 0 Å². The van der Waals surface area contributed by atoms with Gasteiger partial charge in [-0.1, -0.05) is 47.6 Å². The van der Waals surface area contributed by atoms with Gasteiger partial charge in [-0.05, 0) is 31.2 Å². The number of para-hydroxylation sites is 2. The number of aromatic amines is 1. The van der Waals surface area contributed by atoms with E-state index < -0.39 is 5.66 Å².